The van der Waals surface area contributed by atoms with Gasteiger partial charge in [0.1, 0.15) is 18.0 Å². The minimum absolute atomic E-state index is 0.271. The standard InChI is InChI=1S/C14H18BrN5/c1-9(2)12-13(18-8-19-14(12)20-16)17-7-10-4-3-5-11(15)6-10/h3-6,8-9H,7,16H2,1-2H3,(H2,17,18,19,20). The van der Waals surface area contributed by atoms with Gasteiger partial charge in [-0.1, -0.05) is 41.9 Å². The van der Waals surface area contributed by atoms with E-state index >= 15 is 0 Å². The maximum Gasteiger partial charge on any atom is 0.148 e. The second-order valence-corrected chi connectivity index (χ2v) is 5.68. The summed E-state index contributed by atoms with van der Waals surface area (Å²) >= 11 is 3.47. The van der Waals surface area contributed by atoms with Gasteiger partial charge < -0.3 is 10.7 Å². The second kappa shape index (κ2) is 6.67. The maximum absolute atomic E-state index is 5.51. The van der Waals surface area contributed by atoms with E-state index in [4.69, 9.17) is 5.84 Å². The number of anilines is 2. The zero-order valence-corrected chi connectivity index (χ0v) is 13.1. The first-order valence-electron chi connectivity index (χ1n) is 6.41. The third-order valence-electron chi connectivity index (χ3n) is 2.95. The molecule has 0 spiro atoms. The first kappa shape index (κ1) is 14.7. The van der Waals surface area contributed by atoms with Gasteiger partial charge in [0.2, 0.25) is 0 Å². The van der Waals surface area contributed by atoms with E-state index in [1.165, 1.54) is 11.9 Å². The van der Waals surface area contributed by atoms with Gasteiger partial charge in [-0.15, -0.1) is 0 Å². The molecule has 2 rings (SSSR count). The van der Waals surface area contributed by atoms with Crippen LogP contribution in [0, 0.1) is 0 Å². The molecule has 0 saturated heterocycles. The van der Waals surface area contributed by atoms with E-state index in [9.17, 15) is 0 Å². The molecular formula is C14H18BrN5. The zero-order chi connectivity index (χ0) is 14.5. The zero-order valence-electron chi connectivity index (χ0n) is 11.5. The summed E-state index contributed by atoms with van der Waals surface area (Å²) in [6.07, 6.45) is 1.50. The lowest BCUT2D eigenvalue weighted by atomic mass is 10.0. The van der Waals surface area contributed by atoms with Crippen molar-refractivity contribution in [1.82, 2.24) is 9.97 Å². The van der Waals surface area contributed by atoms with Gasteiger partial charge in [0.05, 0.1) is 0 Å². The highest BCUT2D eigenvalue weighted by molar-refractivity contribution is 9.10. The molecule has 106 valence electrons. The van der Waals surface area contributed by atoms with Crippen molar-refractivity contribution in [2.75, 3.05) is 10.7 Å². The number of nitrogens with one attached hydrogen (secondary N) is 2. The normalized spacial score (nSPS) is 10.7. The Morgan fingerprint density at radius 2 is 2.00 bits per heavy atom. The van der Waals surface area contributed by atoms with Crippen molar-refractivity contribution in [3.8, 4) is 0 Å². The molecule has 0 fully saturated rings. The van der Waals surface area contributed by atoms with Gasteiger partial charge in [0.15, 0.2) is 0 Å². The number of hydrazine groups is 1. The molecule has 0 aliphatic heterocycles. The number of nitrogens with two attached hydrogens (primary N) is 1. The number of nitrogen functional groups attached to an aromatic ring is 1. The molecule has 0 atom stereocenters. The van der Waals surface area contributed by atoms with Crippen LogP contribution < -0.4 is 16.6 Å². The third kappa shape index (κ3) is 3.46. The topological polar surface area (TPSA) is 75.9 Å². The second-order valence-electron chi connectivity index (χ2n) is 4.77. The molecule has 1 heterocycles. The molecule has 0 saturated carbocycles. The highest BCUT2D eigenvalue weighted by Crippen LogP contribution is 2.28. The number of hydrogen-bond donors (Lipinski definition) is 3. The van der Waals surface area contributed by atoms with E-state index in [1.807, 2.05) is 12.1 Å². The Morgan fingerprint density at radius 3 is 2.65 bits per heavy atom. The predicted octanol–water partition coefficient (Wildman–Crippen LogP) is 3.26. The van der Waals surface area contributed by atoms with Gasteiger partial charge in [-0.3, -0.25) is 0 Å². The Kier molecular flexibility index (Phi) is 4.92. The van der Waals surface area contributed by atoms with Crippen LogP contribution in [0.1, 0.15) is 30.9 Å². The summed E-state index contributed by atoms with van der Waals surface area (Å²) in [5.41, 5.74) is 4.79. The van der Waals surface area contributed by atoms with Crippen molar-refractivity contribution in [3.05, 3.63) is 46.2 Å². The first-order valence-corrected chi connectivity index (χ1v) is 7.21. The number of hydrogen-bond acceptors (Lipinski definition) is 5. The predicted molar refractivity (Wildman–Crippen MR) is 85.4 cm³/mol. The van der Waals surface area contributed by atoms with E-state index < -0.39 is 0 Å². The van der Waals surface area contributed by atoms with E-state index in [2.05, 4.69) is 62.6 Å². The average molecular weight is 336 g/mol. The number of aromatic nitrogens is 2. The molecule has 0 aliphatic carbocycles. The van der Waals surface area contributed by atoms with Crippen LogP contribution in [-0.2, 0) is 6.54 Å². The van der Waals surface area contributed by atoms with E-state index in [0.29, 0.717) is 12.4 Å². The van der Waals surface area contributed by atoms with E-state index in [-0.39, 0.29) is 5.92 Å². The molecule has 5 nitrogen and oxygen atoms in total. The van der Waals surface area contributed by atoms with Crippen LogP contribution in [0.15, 0.2) is 35.1 Å². The van der Waals surface area contributed by atoms with Gasteiger partial charge in [-0.05, 0) is 23.6 Å². The molecule has 4 N–H and O–H groups in total. The smallest absolute Gasteiger partial charge is 0.148 e. The van der Waals surface area contributed by atoms with Gasteiger partial charge in [0, 0.05) is 16.6 Å². The molecule has 6 heteroatoms. The molecular weight excluding hydrogens is 318 g/mol. The van der Waals surface area contributed by atoms with Crippen LogP contribution in [-0.4, -0.2) is 9.97 Å². The van der Waals surface area contributed by atoms with E-state index in [0.717, 1.165) is 15.9 Å². The summed E-state index contributed by atoms with van der Waals surface area (Å²) in [5.74, 6) is 7.25. The Hall–Kier alpha value is -1.66. The fraction of sp³-hybridized carbons (Fsp3) is 0.286. The SMILES string of the molecule is CC(C)c1c(NN)ncnc1NCc1cccc(Br)c1. The molecule has 0 unspecified atom stereocenters. The van der Waals surface area contributed by atoms with Crippen molar-refractivity contribution in [2.45, 2.75) is 26.3 Å². The van der Waals surface area contributed by atoms with E-state index in [1.54, 1.807) is 0 Å². The molecule has 1 aromatic carbocycles. The number of rotatable bonds is 5. The van der Waals surface area contributed by atoms with Crippen LogP contribution in [0.3, 0.4) is 0 Å². The Morgan fingerprint density at radius 1 is 1.25 bits per heavy atom. The first-order chi connectivity index (χ1) is 9.61. The van der Waals surface area contributed by atoms with Crippen LogP contribution in [0.5, 0.6) is 0 Å². The molecule has 1 aromatic heterocycles. The minimum Gasteiger partial charge on any atom is -0.366 e. The lowest BCUT2D eigenvalue weighted by Crippen LogP contribution is -2.15. The quantitative estimate of drug-likeness (QED) is 0.577. The largest absolute Gasteiger partial charge is 0.366 e. The van der Waals surface area contributed by atoms with Crippen molar-refractivity contribution in [1.29, 1.82) is 0 Å². The Labute approximate surface area is 127 Å². The summed E-state index contributed by atoms with van der Waals surface area (Å²) < 4.78 is 1.06. The molecule has 0 amide bonds. The number of benzene rings is 1. The fourth-order valence-corrected chi connectivity index (χ4v) is 2.48. The maximum atomic E-state index is 5.51. The van der Waals surface area contributed by atoms with Gasteiger partial charge in [0.25, 0.3) is 0 Å². The molecule has 0 aliphatic rings. The highest BCUT2D eigenvalue weighted by Gasteiger charge is 2.14. The van der Waals surface area contributed by atoms with Gasteiger partial charge in [-0.25, -0.2) is 15.8 Å². The average Bonchev–Trinajstić information content (AvgIpc) is 2.44. The van der Waals surface area contributed by atoms with Crippen LogP contribution in [0.25, 0.3) is 0 Å². The van der Waals surface area contributed by atoms with Crippen molar-refractivity contribution >= 4 is 27.6 Å². The fourth-order valence-electron chi connectivity index (χ4n) is 2.03. The van der Waals surface area contributed by atoms with Gasteiger partial charge >= 0.3 is 0 Å². The van der Waals surface area contributed by atoms with Crippen molar-refractivity contribution in [3.63, 3.8) is 0 Å². The summed E-state index contributed by atoms with van der Waals surface area (Å²) in [4.78, 5) is 8.47. The lowest BCUT2D eigenvalue weighted by Gasteiger charge is -2.16. The molecule has 0 bridgehead atoms. The van der Waals surface area contributed by atoms with Crippen molar-refractivity contribution in [2.24, 2.45) is 5.84 Å². The summed E-state index contributed by atoms with van der Waals surface area (Å²) in [7, 11) is 0. The Balaban J connectivity index is 2.21. The van der Waals surface area contributed by atoms with Crippen LogP contribution in [0.2, 0.25) is 0 Å². The third-order valence-corrected chi connectivity index (χ3v) is 3.44. The summed E-state index contributed by atoms with van der Waals surface area (Å²) in [6.45, 7) is 4.87. The van der Waals surface area contributed by atoms with Crippen molar-refractivity contribution < 1.29 is 0 Å². The lowest BCUT2D eigenvalue weighted by molar-refractivity contribution is 0.845. The molecule has 0 radical (unpaired) electrons. The summed E-state index contributed by atoms with van der Waals surface area (Å²) in [6, 6.07) is 8.16. The minimum atomic E-state index is 0.271. The van der Waals surface area contributed by atoms with Crippen LogP contribution in [0.4, 0.5) is 11.6 Å². The molecule has 20 heavy (non-hydrogen) atoms. The monoisotopic (exact) mass is 335 g/mol. The summed E-state index contributed by atoms with van der Waals surface area (Å²) in [5, 5.41) is 3.35. The van der Waals surface area contributed by atoms with Gasteiger partial charge in [-0.2, -0.15) is 0 Å². The van der Waals surface area contributed by atoms with Crippen LogP contribution >= 0.6 is 15.9 Å². The number of halogens is 1. The highest BCUT2D eigenvalue weighted by atomic mass is 79.9. The molecule has 2 aromatic rings. The number of nitrogens with zero attached hydrogens (tertiary/aromatic N) is 2. The Bertz CT molecular complexity index is 586.